The number of carbonyl (C=O) groups excluding carboxylic acids is 1. The lowest BCUT2D eigenvalue weighted by Gasteiger charge is -2.29. The zero-order chi connectivity index (χ0) is 64.8. The summed E-state index contributed by atoms with van der Waals surface area (Å²) in [6, 6.07) is -0.911. The van der Waals surface area contributed by atoms with E-state index in [4.69, 9.17) is 9.05 Å². The van der Waals surface area contributed by atoms with Crippen LogP contribution in [0.4, 0.5) is 0 Å². The van der Waals surface area contributed by atoms with E-state index in [-0.39, 0.29) is 12.5 Å². The quantitative estimate of drug-likeness (QED) is 0.0272. The number of phosphoric ester groups is 1. The van der Waals surface area contributed by atoms with Crippen molar-refractivity contribution in [3.8, 4) is 0 Å². The van der Waals surface area contributed by atoms with Gasteiger partial charge in [0.1, 0.15) is 13.2 Å². The lowest BCUT2D eigenvalue weighted by molar-refractivity contribution is -0.870. The highest BCUT2D eigenvalue weighted by Gasteiger charge is 2.23. The van der Waals surface area contributed by atoms with E-state index in [9.17, 15) is 19.4 Å². The van der Waals surface area contributed by atoms with Crippen molar-refractivity contribution >= 4 is 13.7 Å². The van der Waals surface area contributed by atoms with Crippen LogP contribution in [0.3, 0.4) is 0 Å². The van der Waals surface area contributed by atoms with Crippen molar-refractivity contribution in [3.05, 3.63) is 109 Å². The molecule has 0 rings (SSSR count). The first kappa shape index (κ1) is 86.2. The van der Waals surface area contributed by atoms with E-state index in [0.29, 0.717) is 17.4 Å². The molecule has 0 bridgehead atoms. The Morgan fingerprint density at radius 3 is 1.04 bits per heavy atom. The van der Waals surface area contributed by atoms with Gasteiger partial charge in [-0.3, -0.25) is 9.36 Å². The molecule has 0 aromatic rings. The molecule has 1 amide bonds. The summed E-state index contributed by atoms with van der Waals surface area (Å²) in [6.45, 7) is 4.55. The van der Waals surface area contributed by atoms with E-state index < -0.39 is 26.6 Å². The Bertz CT molecular complexity index is 1820. The number of aliphatic hydroxyl groups is 1. The van der Waals surface area contributed by atoms with Gasteiger partial charge >= 0.3 is 0 Å². The molecule has 0 aliphatic heterocycles. The minimum atomic E-state index is -4.62. The van der Waals surface area contributed by atoms with Crippen LogP contribution >= 0.6 is 7.82 Å². The highest BCUT2D eigenvalue weighted by Crippen LogP contribution is 2.38. The van der Waals surface area contributed by atoms with Crippen molar-refractivity contribution < 1.29 is 32.9 Å². The average molecular weight is 1260 g/mol. The monoisotopic (exact) mass is 1260 g/mol. The maximum Gasteiger partial charge on any atom is 0.268 e. The summed E-state index contributed by atoms with van der Waals surface area (Å²) in [6.07, 6.45) is 102. The minimum absolute atomic E-state index is 0.00933. The maximum absolute atomic E-state index is 13.1. The van der Waals surface area contributed by atoms with Crippen LogP contribution < -0.4 is 10.2 Å². The highest BCUT2D eigenvalue weighted by atomic mass is 31.2. The fraction of sp³-hybridized carbons (Fsp3) is 0.762. The third-order valence-corrected chi connectivity index (χ3v) is 17.7. The lowest BCUT2D eigenvalue weighted by Crippen LogP contribution is -2.45. The van der Waals surface area contributed by atoms with Crippen LogP contribution in [0.5, 0.6) is 0 Å². The van der Waals surface area contributed by atoms with Crippen molar-refractivity contribution in [1.82, 2.24) is 5.32 Å². The van der Waals surface area contributed by atoms with E-state index in [1.54, 1.807) is 6.08 Å². The summed E-state index contributed by atoms with van der Waals surface area (Å²) in [4.78, 5) is 25.7. The van der Waals surface area contributed by atoms with E-state index >= 15 is 0 Å². The first-order chi connectivity index (χ1) is 43.5. The molecule has 0 radical (unpaired) electrons. The highest BCUT2D eigenvalue weighted by molar-refractivity contribution is 7.45. The Kier molecular flexibility index (Phi) is 67.3. The van der Waals surface area contributed by atoms with Gasteiger partial charge in [-0.1, -0.05) is 354 Å². The maximum atomic E-state index is 13.1. The molecule has 0 fully saturated rings. The number of hydrogen-bond donors (Lipinski definition) is 2. The molecule has 0 saturated carbocycles. The third kappa shape index (κ3) is 72.4. The van der Waals surface area contributed by atoms with E-state index in [1.165, 1.54) is 238 Å². The predicted octanol–water partition coefficient (Wildman–Crippen LogP) is 24.0. The van der Waals surface area contributed by atoms with Crippen molar-refractivity contribution in [1.29, 1.82) is 0 Å². The SMILES string of the molecule is CC/C=C\C/C=C\C/C=C\C/C=C\C/C=C\C/C=C\C/C=C\CCCCCCCCCCCCCCCCCC(=O)NC(COP(=O)([O-])OCC[N+](C)(C)C)C(O)/C=C/CC/C=C/CCCCCCCCCCCCCCCCCCCCCCCCCC. The van der Waals surface area contributed by atoms with E-state index in [1.807, 2.05) is 27.2 Å². The molecule has 0 aliphatic rings. The molecule has 0 aromatic heterocycles. The second-order valence-electron chi connectivity index (χ2n) is 26.6. The Hall–Kier alpha value is -2.84. The van der Waals surface area contributed by atoms with Crippen molar-refractivity contribution in [2.75, 3.05) is 40.9 Å². The molecule has 9 heteroatoms. The molecular formula is C80H145N2O6P. The number of quaternary nitrogens is 1. The second kappa shape index (κ2) is 69.5. The van der Waals surface area contributed by atoms with Crippen LogP contribution in [0.25, 0.3) is 0 Å². The van der Waals surface area contributed by atoms with Gasteiger partial charge in [-0.15, -0.1) is 0 Å². The molecule has 2 N–H and O–H groups in total. The minimum Gasteiger partial charge on any atom is -0.756 e. The van der Waals surface area contributed by atoms with Gasteiger partial charge in [0.25, 0.3) is 7.82 Å². The summed E-state index contributed by atoms with van der Waals surface area (Å²) in [5.41, 5.74) is 0. The molecule has 0 heterocycles. The third-order valence-electron chi connectivity index (χ3n) is 16.7. The first-order valence-corrected chi connectivity index (χ1v) is 39.2. The van der Waals surface area contributed by atoms with Gasteiger partial charge in [0.15, 0.2) is 0 Å². The Morgan fingerprint density at radius 2 is 0.697 bits per heavy atom. The summed E-state index contributed by atoms with van der Waals surface area (Å²) >= 11 is 0. The summed E-state index contributed by atoms with van der Waals surface area (Å²) in [5, 5.41) is 14.0. The van der Waals surface area contributed by atoms with Gasteiger partial charge in [-0.05, 0) is 89.9 Å². The lowest BCUT2D eigenvalue weighted by atomic mass is 10.0. The standard InChI is InChI=1S/C80H145N2O6P/c1-6-8-10-12-14-16-18-20-22-24-26-28-30-32-34-36-38-39-40-41-42-43-44-46-48-50-52-54-56-58-60-62-64-66-68-70-72-74-80(84)81-78(77-88-89(85,86)87-76-75-82(3,4)5)79(83)73-71-69-67-65-63-61-59-57-55-53-51-49-47-45-37-35-33-31-29-27-25-23-21-19-17-15-13-11-9-7-2/h8,10,14,16,20,22,26,28,32,34,38-39,41-42,63,65,71,73,78-79,83H,6-7,9,11-13,15,17-19,21,23-25,27,29-31,33,35-37,40,43-62,64,66-70,72,74-77H2,1-5H3,(H-,81,84,85,86)/b10-8-,16-14-,22-20-,28-26-,34-32-,39-38-,42-41-,65-63+,73-71+. The number of rotatable bonds is 69. The van der Waals surface area contributed by atoms with Crippen LogP contribution in [0.1, 0.15) is 341 Å². The molecule has 8 nitrogen and oxygen atoms in total. The van der Waals surface area contributed by atoms with Crippen LogP contribution in [-0.4, -0.2) is 68.5 Å². The molecule has 0 saturated heterocycles. The normalized spacial score (nSPS) is 14.2. The van der Waals surface area contributed by atoms with E-state index in [0.717, 1.165) is 83.5 Å². The Balaban J connectivity index is 4.07. The second-order valence-corrected chi connectivity index (χ2v) is 28.0. The molecule has 0 aliphatic carbocycles. The molecule has 3 unspecified atom stereocenters. The van der Waals surface area contributed by atoms with Crippen molar-refractivity contribution in [3.63, 3.8) is 0 Å². The number of phosphoric acid groups is 1. The fourth-order valence-corrected chi connectivity index (χ4v) is 11.6. The largest absolute Gasteiger partial charge is 0.756 e. The van der Waals surface area contributed by atoms with Crippen LogP contribution in [0.15, 0.2) is 109 Å². The molecule has 516 valence electrons. The number of likely N-dealkylation sites (N-methyl/N-ethyl adjacent to an activating group) is 1. The number of amides is 1. The summed E-state index contributed by atoms with van der Waals surface area (Å²) in [7, 11) is 1.25. The molecule has 3 atom stereocenters. The Morgan fingerprint density at radius 1 is 0.404 bits per heavy atom. The molecule has 0 aromatic carbocycles. The predicted molar refractivity (Wildman–Crippen MR) is 389 cm³/mol. The summed E-state index contributed by atoms with van der Waals surface area (Å²) in [5.74, 6) is -0.207. The van der Waals surface area contributed by atoms with Crippen LogP contribution in [0, 0.1) is 0 Å². The number of nitrogens with zero attached hydrogens (tertiary/aromatic N) is 1. The van der Waals surface area contributed by atoms with Gasteiger partial charge in [0.2, 0.25) is 5.91 Å². The first-order valence-electron chi connectivity index (χ1n) is 37.7. The summed E-state index contributed by atoms with van der Waals surface area (Å²) < 4.78 is 23.5. The zero-order valence-corrected chi connectivity index (χ0v) is 60.0. The fourth-order valence-electron chi connectivity index (χ4n) is 10.9. The van der Waals surface area contributed by atoms with Crippen LogP contribution in [-0.2, 0) is 18.4 Å². The number of nitrogens with one attached hydrogen (secondary N) is 1. The van der Waals surface area contributed by atoms with Crippen molar-refractivity contribution in [2.45, 2.75) is 353 Å². The molecule has 0 spiro atoms. The number of unbranched alkanes of at least 4 members (excludes halogenated alkanes) is 40. The topological polar surface area (TPSA) is 108 Å². The van der Waals surface area contributed by atoms with Gasteiger partial charge in [-0.2, -0.15) is 0 Å². The number of hydrogen-bond acceptors (Lipinski definition) is 6. The average Bonchev–Trinajstić information content (AvgIpc) is 3.57. The van der Waals surface area contributed by atoms with E-state index in [2.05, 4.69) is 116 Å². The van der Waals surface area contributed by atoms with Crippen LogP contribution in [0.2, 0.25) is 0 Å². The molecule has 89 heavy (non-hydrogen) atoms. The number of aliphatic hydroxyl groups excluding tert-OH is 1. The molecular weight excluding hydrogens is 1120 g/mol. The smallest absolute Gasteiger partial charge is 0.268 e. The number of allylic oxidation sites excluding steroid dienone is 17. The van der Waals surface area contributed by atoms with Gasteiger partial charge in [0.05, 0.1) is 39.9 Å². The number of carbonyl (C=O) groups is 1. The Labute approximate surface area is 552 Å². The van der Waals surface area contributed by atoms with Crippen molar-refractivity contribution in [2.24, 2.45) is 0 Å². The van der Waals surface area contributed by atoms with Gasteiger partial charge in [0, 0.05) is 6.42 Å². The van der Waals surface area contributed by atoms with Gasteiger partial charge < -0.3 is 28.8 Å². The van der Waals surface area contributed by atoms with Gasteiger partial charge in [-0.25, -0.2) is 0 Å². The zero-order valence-electron chi connectivity index (χ0n) is 59.1.